The third-order valence-corrected chi connectivity index (χ3v) is 3.56. The van der Waals surface area contributed by atoms with E-state index in [-0.39, 0.29) is 27.8 Å². The molecule has 2 amide bonds. The lowest BCUT2D eigenvalue weighted by atomic mass is 10.1. The van der Waals surface area contributed by atoms with Crippen molar-refractivity contribution in [1.82, 2.24) is 10.6 Å². The first-order chi connectivity index (χ1) is 11.8. The second-order valence-corrected chi connectivity index (χ2v) is 5.42. The van der Waals surface area contributed by atoms with Gasteiger partial charge in [-0.15, -0.1) is 0 Å². The zero-order valence-corrected chi connectivity index (χ0v) is 13.2. The predicted octanol–water partition coefficient (Wildman–Crippen LogP) is 0.633. The van der Waals surface area contributed by atoms with Gasteiger partial charge in [0.15, 0.2) is 5.11 Å². The zero-order valence-electron chi connectivity index (χ0n) is 12.4. The monoisotopic (exact) mass is 357 g/mol. The van der Waals surface area contributed by atoms with E-state index < -0.39 is 23.5 Å². The van der Waals surface area contributed by atoms with E-state index >= 15 is 0 Å². The highest BCUT2D eigenvalue weighted by molar-refractivity contribution is 7.80. The van der Waals surface area contributed by atoms with Gasteiger partial charge in [-0.3, -0.25) is 20.2 Å². The van der Waals surface area contributed by atoms with Crippen LogP contribution in [0.3, 0.4) is 0 Å². The summed E-state index contributed by atoms with van der Waals surface area (Å²) in [5.41, 5.74) is -0.150. The number of benzene rings is 1. The molecule has 3 rings (SSSR count). The molecule has 1 aliphatic rings. The van der Waals surface area contributed by atoms with Crippen LogP contribution in [-0.4, -0.2) is 28.0 Å². The molecule has 2 aromatic rings. The molecule has 25 heavy (non-hydrogen) atoms. The maximum absolute atomic E-state index is 11.8. The van der Waals surface area contributed by atoms with Crippen LogP contribution in [0.2, 0.25) is 0 Å². The second kappa shape index (κ2) is 6.21. The van der Waals surface area contributed by atoms with Crippen LogP contribution in [0.1, 0.15) is 16.1 Å². The minimum atomic E-state index is -1.31. The van der Waals surface area contributed by atoms with E-state index in [4.69, 9.17) is 21.7 Å². The number of carboxylic acids is 1. The van der Waals surface area contributed by atoms with E-state index in [1.165, 1.54) is 30.3 Å². The van der Waals surface area contributed by atoms with Crippen LogP contribution in [0.25, 0.3) is 17.4 Å². The van der Waals surface area contributed by atoms with Crippen LogP contribution in [0.4, 0.5) is 0 Å². The van der Waals surface area contributed by atoms with Crippen molar-refractivity contribution in [3.05, 3.63) is 47.2 Å². The van der Waals surface area contributed by atoms with Crippen LogP contribution < -0.4 is 15.7 Å². The molecule has 0 radical (unpaired) electrons. The predicted molar refractivity (Wildman–Crippen MR) is 87.4 cm³/mol. The molecule has 0 aliphatic carbocycles. The Balaban J connectivity index is 1.90. The molecule has 1 saturated heterocycles. The van der Waals surface area contributed by atoms with E-state index in [1.54, 1.807) is 0 Å². The standard InChI is InChI=1S/C16H10N2O6S/c19-11-5-7(1-3-9(11)15(22)23)12-4-2-8(24-12)6-10-13(20)17-16(25)18-14(10)21/h1-6,19H,(H,22,23)(H2,17,18,20,21,25)/p-1. The highest BCUT2D eigenvalue weighted by atomic mass is 32.1. The van der Waals surface area contributed by atoms with Crippen molar-refractivity contribution in [2.75, 3.05) is 0 Å². The number of hydrogen-bond acceptors (Lipinski definition) is 6. The number of nitrogens with one attached hydrogen (secondary N) is 2. The minimum absolute atomic E-state index is 0.0752. The molecule has 1 aromatic heterocycles. The summed E-state index contributed by atoms with van der Waals surface area (Å²) in [6, 6.07) is 6.79. The maximum atomic E-state index is 11.8. The van der Waals surface area contributed by atoms with Crippen molar-refractivity contribution < 1.29 is 29.0 Å². The molecule has 8 nitrogen and oxygen atoms in total. The molecule has 0 atom stereocenters. The van der Waals surface area contributed by atoms with E-state index in [1.807, 2.05) is 0 Å². The molecule has 0 bridgehead atoms. The molecule has 0 spiro atoms. The van der Waals surface area contributed by atoms with Crippen molar-refractivity contribution in [3.63, 3.8) is 0 Å². The number of amides is 2. The molecule has 0 saturated carbocycles. The highest BCUT2D eigenvalue weighted by Crippen LogP contribution is 2.27. The number of carboxylic acid groups (broad SMARTS) is 1. The van der Waals surface area contributed by atoms with Gasteiger partial charge in [0.1, 0.15) is 17.1 Å². The first-order valence-electron chi connectivity index (χ1n) is 6.88. The first-order valence-corrected chi connectivity index (χ1v) is 7.29. The minimum Gasteiger partial charge on any atom is -0.872 e. The SMILES string of the molecule is O=C1NC(=S)NC(=O)C1=Cc1ccc(-c2ccc(C(=O)O)c([O-])c2)o1. The molecule has 0 unspecified atom stereocenters. The molecule has 9 heteroatoms. The molecule has 1 aliphatic heterocycles. The fourth-order valence-electron chi connectivity index (χ4n) is 2.19. The van der Waals surface area contributed by atoms with Gasteiger partial charge in [-0.2, -0.15) is 0 Å². The van der Waals surface area contributed by atoms with Gasteiger partial charge in [-0.25, -0.2) is 4.79 Å². The molecule has 1 aromatic carbocycles. The number of aromatic carboxylic acids is 1. The second-order valence-electron chi connectivity index (χ2n) is 5.01. The molecule has 2 heterocycles. The fraction of sp³-hybridized carbons (Fsp3) is 0. The quantitative estimate of drug-likeness (QED) is 0.417. The van der Waals surface area contributed by atoms with Crippen LogP contribution in [0.5, 0.6) is 5.75 Å². The number of furan rings is 1. The molecular weight excluding hydrogens is 348 g/mol. The number of carbonyl (C=O) groups excluding carboxylic acids is 2. The number of hydrogen-bond donors (Lipinski definition) is 3. The van der Waals surface area contributed by atoms with Gasteiger partial charge >= 0.3 is 5.97 Å². The first kappa shape index (κ1) is 16.4. The maximum Gasteiger partial charge on any atom is 0.335 e. The average molecular weight is 357 g/mol. The Morgan fingerprint density at radius 2 is 1.84 bits per heavy atom. The fourth-order valence-corrected chi connectivity index (χ4v) is 2.37. The van der Waals surface area contributed by atoms with Gasteiger partial charge in [0, 0.05) is 5.56 Å². The Morgan fingerprint density at radius 1 is 1.16 bits per heavy atom. The summed E-state index contributed by atoms with van der Waals surface area (Å²) >= 11 is 4.70. The van der Waals surface area contributed by atoms with Crippen molar-refractivity contribution in [2.45, 2.75) is 0 Å². The summed E-state index contributed by atoms with van der Waals surface area (Å²) in [6.45, 7) is 0. The van der Waals surface area contributed by atoms with Crippen molar-refractivity contribution >= 4 is 41.2 Å². The van der Waals surface area contributed by atoms with Crippen molar-refractivity contribution in [3.8, 4) is 17.1 Å². The van der Waals surface area contributed by atoms with Gasteiger partial charge in [-0.05, 0) is 36.5 Å². The summed E-state index contributed by atoms with van der Waals surface area (Å²) in [4.78, 5) is 34.4. The lowest BCUT2D eigenvalue weighted by Crippen LogP contribution is -2.51. The topological polar surface area (TPSA) is 132 Å². The van der Waals surface area contributed by atoms with Crippen molar-refractivity contribution in [2.24, 2.45) is 0 Å². The van der Waals surface area contributed by atoms with E-state index in [9.17, 15) is 19.5 Å². The van der Waals surface area contributed by atoms with E-state index in [2.05, 4.69) is 10.6 Å². The zero-order chi connectivity index (χ0) is 18.1. The largest absolute Gasteiger partial charge is 0.872 e. The lowest BCUT2D eigenvalue weighted by Gasteiger charge is -2.15. The van der Waals surface area contributed by atoms with Gasteiger partial charge in [0.25, 0.3) is 11.8 Å². The Bertz CT molecular complexity index is 937. The Morgan fingerprint density at radius 3 is 2.44 bits per heavy atom. The van der Waals surface area contributed by atoms with Crippen molar-refractivity contribution in [1.29, 1.82) is 0 Å². The van der Waals surface area contributed by atoms with Crippen LogP contribution >= 0.6 is 12.2 Å². The van der Waals surface area contributed by atoms with Gasteiger partial charge in [-0.1, -0.05) is 17.9 Å². The third-order valence-electron chi connectivity index (χ3n) is 3.35. The van der Waals surface area contributed by atoms with Crippen LogP contribution in [0, 0.1) is 0 Å². The molecule has 126 valence electrons. The summed E-state index contributed by atoms with van der Waals surface area (Å²) in [7, 11) is 0. The van der Waals surface area contributed by atoms with Crippen LogP contribution in [-0.2, 0) is 9.59 Å². The Kier molecular flexibility index (Phi) is 4.07. The average Bonchev–Trinajstić information content (AvgIpc) is 2.99. The Hall–Kier alpha value is -3.46. The van der Waals surface area contributed by atoms with Crippen LogP contribution in [0.15, 0.2) is 40.3 Å². The van der Waals surface area contributed by atoms with Gasteiger partial charge in [0.05, 0.1) is 5.56 Å². The summed E-state index contributed by atoms with van der Waals surface area (Å²) in [5, 5.41) is 25.1. The summed E-state index contributed by atoms with van der Waals surface area (Å²) in [6.07, 6.45) is 1.24. The lowest BCUT2D eigenvalue weighted by molar-refractivity contribution is -0.268. The number of thiocarbonyl (C=S) groups is 1. The van der Waals surface area contributed by atoms with Gasteiger partial charge < -0.3 is 14.6 Å². The molecule has 1 fully saturated rings. The third kappa shape index (κ3) is 3.26. The number of carbonyl (C=O) groups is 3. The van der Waals surface area contributed by atoms with E-state index in [0.717, 1.165) is 6.07 Å². The smallest absolute Gasteiger partial charge is 0.335 e. The van der Waals surface area contributed by atoms with Gasteiger partial charge in [0.2, 0.25) is 0 Å². The Labute approximate surface area is 145 Å². The molecular formula is C16H9N2O6S-. The number of rotatable bonds is 3. The normalized spacial score (nSPS) is 14.1. The summed E-state index contributed by atoms with van der Waals surface area (Å²) < 4.78 is 5.50. The highest BCUT2D eigenvalue weighted by Gasteiger charge is 2.26. The van der Waals surface area contributed by atoms with E-state index in [0.29, 0.717) is 5.56 Å². The molecule has 3 N–H and O–H groups in total. The summed E-state index contributed by atoms with van der Waals surface area (Å²) in [5.74, 6) is -2.78.